The number of benzene rings is 1. The fourth-order valence-corrected chi connectivity index (χ4v) is 3.03. The molecule has 2 aromatic rings. The Hall–Kier alpha value is -3.08. The number of nitriles is 1. The lowest BCUT2D eigenvalue weighted by molar-refractivity contribution is -0.149. The molecule has 1 aliphatic rings. The number of aromatic nitrogens is 1. The highest BCUT2D eigenvalue weighted by atomic mass is 16.5. The average molecular weight is 343 g/mol. The van der Waals surface area contributed by atoms with Gasteiger partial charge in [0.15, 0.2) is 12.2 Å². The monoisotopic (exact) mass is 343 g/mol. The first-order valence-corrected chi connectivity index (χ1v) is 7.99. The molecule has 1 N–H and O–H groups in total. The third-order valence-electron chi connectivity index (χ3n) is 4.27. The molecule has 1 heterocycles. The molecule has 0 bridgehead atoms. The van der Waals surface area contributed by atoms with Crippen molar-refractivity contribution in [3.05, 3.63) is 34.8 Å². The summed E-state index contributed by atoms with van der Waals surface area (Å²) in [4.78, 5) is 35.6. The molecule has 0 spiro atoms. The second-order valence-electron chi connectivity index (χ2n) is 6.03. The number of hydrogen-bond donors (Lipinski definition) is 1. The fraction of sp³-hybridized carbons (Fsp3) is 0.412. The molecule has 25 heavy (non-hydrogen) atoms. The molecule has 0 aliphatic heterocycles. The maximum atomic E-state index is 11.9. The average Bonchev–Trinajstić information content (AvgIpc) is 3.19. The SMILES string of the molecule is N#CC1(NC(=O)COC(=O)Cn2c(=O)oc3ccccc32)CCCC1. The van der Waals surface area contributed by atoms with Gasteiger partial charge in [0.05, 0.1) is 11.6 Å². The van der Waals surface area contributed by atoms with Crippen molar-refractivity contribution in [3.63, 3.8) is 0 Å². The Morgan fingerprint density at radius 2 is 2.04 bits per heavy atom. The zero-order chi connectivity index (χ0) is 17.9. The molecular formula is C17H17N3O5. The van der Waals surface area contributed by atoms with E-state index in [1.54, 1.807) is 24.3 Å². The van der Waals surface area contributed by atoms with Crippen LogP contribution < -0.4 is 11.1 Å². The first-order valence-electron chi connectivity index (χ1n) is 7.99. The molecule has 1 aromatic heterocycles. The van der Waals surface area contributed by atoms with E-state index in [0.717, 1.165) is 17.4 Å². The first-order chi connectivity index (χ1) is 12.0. The molecule has 1 aromatic carbocycles. The van der Waals surface area contributed by atoms with Crippen LogP contribution in [0.1, 0.15) is 25.7 Å². The van der Waals surface area contributed by atoms with E-state index in [1.165, 1.54) is 0 Å². The van der Waals surface area contributed by atoms with Crippen LogP contribution in [0.25, 0.3) is 11.1 Å². The standard InChI is InChI=1S/C17H17N3O5/c18-11-17(7-3-4-8-17)19-14(21)10-24-15(22)9-20-12-5-1-2-6-13(12)25-16(20)23/h1-2,5-6H,3-4,7-10H2,(H,19,21). The van der Waals surface area contributed by atoms with Crippen LogP contribution in [-0.2, 0) is 20.9 Å². The van der Waals surface area contributed by atoms with Gasteiger partial charge in [-0.05, 0) is 37.8 Å². The molecular weight excluding hydrogens is 326 g/mol. The van der Waals surface area contributed by atoms with Gasteiger partial charge in [-0.2, -0.15) is 5.26 Å². The summed E-state index contributed by atoms with van der Waals surface area (Å²) in [5, 5.41) is 11.9. The number of esters is 1. The second kappa shape index (κ2) is 6.81. The maximum absolute atomic E-state index is 11.9. The lowest BCUT2D eigenvalue weighted by atomic mass is 10.00. The number of para-hydroxylation sites is 2. The molecule has 130 valence electrons. The minimum absolute atomic E-state index is 0.355. The van der Waals surface area contributed by atoms with Crippen LogP contribution in [-0.4, -0.2) is 28.6 Å². The molecule has 1 amide bonds. The van der Waals surface area contributed by atoms with Gasteiger partial charge in [0, 0.05) is 0 Å². The molecule has 1 saturated carbocycles. The topological polar surface area (TPSA) is 114 Å². The summed E-state index contributed by atoms with van der Waals surface area (Å²) in [5.41, 5.74) is -0.0141. The Labute approximate surface area is 143 Å². The van der Waals surface area contributed by atoms with E-state index < -0.39 is 29.8 Å². The Morgan fingerprint density at radius 1 is 1.32 bits per heavy atom. The first kappa shape index (κ1) is 16.8. The molecule has 8 nitrogen and oxygen atoms in total. The predicted molar refractivity (Wildman–Crippen MR) is 86.4 cm³/mol. The van der Waals surface area contributed by atoms with Crippen LogP contribution in [0.3, 0.4) is 0 Å². The molecule has 1 aliphatic carbocycles. The third-order valence-corrected chi connectivity index (χ3v) is 4.27. The minimum atomic E-state index is -0.860. The van der Waals surface area contributed by atoms with E-state index in [4.69, 9.17) is 9.15 Å². The molecule has 3 rings (SSSR count). The number of nitrogens with one attached hydrogen (secondary N) is 1. The summed E-state index contributed by atoms with van der Waals surface area (Å²) >= 11 is 0. The Kier molecular flexibility index (Phi) is 4.57. The highest BCUT2D eigenvalue weighted by Crippen LogP contribution is 2.28. The summed E-state index contributed by atoms with van der Waals surface area (Å²) < 4.78 is 11.1. The maximum Gasteiger partial charge on any atom is 0.420 e. The minimum Gasteiger partial charge on any atom is -0.454 e. The normalized spacial score (nSPS) is 15.6. The second-order valence-corrected chi connectivity index (χ2v) is 6.03. The molecule has 0 saturated heterocycles. The summed E-state index contributed by atoms with van der Waals surface area (Å²) in [6, 6.07) is 8.83. The van der Waals surface area contributed by atoms with Crippen LogP contribution in [0.4, 0.5) is 0 Å². The van der Waals surface area contributed by atoms with Crippen molar-refractivity contribution in [1.29, 1.82) is 5.26 Å². The fourth-order valence-electron chi connectivity index (χ4n) is 3.03. The molecule has 0 radical (unpaired) electrons. The third kappa shape index (κ3) is 3.55. The summed E-state index contributed by atoms with van der Waals surface area (Å²) in [6.45, 7) is -0.848. The Bertz CT molecular complexity index is 899. The van der Waals surface area contributed by atoms with Crippen LogP contribution >= 0.6 is 0 Å². The van der Waals surface area contributed by atoms with Gasteiger partial charge in [0.2, 0.25) is 0 Å². The molecule has 8 heteroatoms. The van der Waals surface area contributed by atoms with Crippen molar-refractivity contribution < 1.29 is 18.7 Å². The number of fused-ring (bicyclic) bond motifs is 1. The van der Waals surface area contributed by atoms with E-state index in [1.807, 2.05) is 0 Å². The number of carbonyl (C=O) groups excluding carboxylic acids is 2. The van der Waals surface area contributed by atoms with Gasteiger partial charge in [0.1, 0.15) is 12.1 Å². The van der Waals surface area contributed by atoms with Gasteiger partial charge in [-0.3, -0.25) is 14.2 Å². The summed E-state index contributed by atoms with van der Waals surface area (Å²) in [6.07, 6.45) is 2.95. The lowest BCUT2D eigenvalue weighted by Crippen LogP contribution is -2.46. The van der Waals surface area contributed by atoms with E-state index in [0.29, 0.717) is 23.9 Å². The van der Waals surface area contributed by atoms with Crippen LogP contribution in [0.15, 0.2) is 33.5 Å². The number of hydrogen-bond acceptors (Lipinski definition) is 6. The smallest absolute Gasteiger partial charge is 0.420 e. The van der Waals surface area contributed by atoms with Crippen molar-refractivity contribution >= 4 is 23.0 Å². The van der Waals surface area contributed by atoms with Crippen molar-refractivity contribution in [2.24, 2.45) is 0 Å². The van der Waals surface area contributed by atoms with Crippen LogP contribution in [0.5, 0.6) is 0 Å². The molecule has 0 atom stereocenters. The number of rotatable bonds is 5. The van der Waals surface area contributed by atoms with Gasteiger partial charge in [-0.25, -0.2) is 4.79 Å². The Morgan fingerprint density at radius 3 is 2.76 bits per heavy atom. The predicted octanol–water partition coefficient (Wildman–Crippen LogP) is 1.09. The van der Waals surface area contributed by atoms with Crippen molar-refractivity contribution in [2.75, 3.05) is 6.61 Å². The summed E-state index contributed by atoms with van der Waals surface area (Å²) in [7, 11) is 0. The summed E-state index contributed by atoms with van der Waals surface area (Å²) in [5.74, 6) is -1.93. The van der Waals surface area contributed by atoms with Gasteiger partial charge in [0.25, 0.3) is 5.91 Å². The van der Waals surface area contributed by atoms with Gasteiger partial charge in [-0.15, -0.1) is 0 Å². The van der Waals surface area contributed by atoms with Crippen molar-refractivity contribution in [2.45, 2.75) is 37.8 Å². The number of carbonyl (C=O) groups is 2. The largest absolute Gasteiger partial charge is 0.454 e. The van der Waals surface area contributed by atoms with Crippen molar-refractivity contribution in [3.8, 4) is 6.07 Å². The van der Waals surface area contributed by atoms with E-state index >= 15 is 0 Å². The van der Waals surface area contributed by atoms with E-state index in [-0.39, 0.29) is 6.54 Å². The van der Waals surface area contributed by atoms with Crippen LogP contribution in [0.2, 0.25) is 0 Å². The zero-order valence-corrected chi connectivity index (χ0v) is 13.5. The number of oxazole rings is 1. The number of nitrogens with zero attached hydrogens (tertiary/aromatic N) is 2. The van der Waals surface area contributed by atoms with E-state index in [2.05, 4.69) is 11.4 Å². The highest BCUT2D eigenvalue weighted by molar-refractivity contribution is 5.82. The highest BCUT2D eigenvalue weighted by Gasteiger charge is 2.35. The number of amides is 1. The van der Waals surface area contributed by atoms with Crippen molar-refractivity contribution in [1.82, 2.24) is 9.88 Å². The van der Waals surface area contributed by atoms with Gasteiger partial charge in [-0.1, -0.05) is 12.1 Å². The van der Waals surface area contributed by atoms with E-state index in [9.17, 15) is 19.6 Å². The number of ether oxygens (including phenoxy) is 1. The zero-order valence-electron chi connectivity index (χ0n) is 13.5. The Balaban J connectivity index is 1.58. The molecule has 0 unspecified atom stereocenters. The molecule has 1 fully saturated rings. The lowest BCUT2D eigenvalue weighted by Gasteiger charge is -2.21. The quantitative estimate of drug-likeness (QED) is 0.813. The van der Waals surface area contributed by atoms with Crippen LogP contribution in [0, 0.1) is 11.3 Å². The van der Waals surface area contributed by atoms with Gasteiger partial charge < -0.3 is 14.5 Å². The van der Waals surface area contributed by atoms with Gasteiger partial charge >= 0.3 is 11.7 Å².